The summed E-state index contributed by atoms with van der Waals surface area (Å²) < 4.78 is 24.6. The van der Waals surface area contributed by atoms with Crippen LogP contribution in [-0.4, -0.2) is 36.6 Å². The van der Waals surface area contributed by atoms with E-state index in [-0.39, 0.29) is 21.2 Å². The fourth-order valence-corrected chi connectivity index (χ4v) is 4.74. The average Bonchev–Trinajstić information content (AvgIpc) is 2.84. The highest BCUT2D eigenvalue weighted by Crippen LogP contribution is 2.25. The molecular formula is C12H18N2O4S2. The van der Waals surface area contributed by atoms with Crippen LogP contribution in [0.1, 0.15) is 42.8 Å². The van der Waals surface area contributed by atoms with Gasteiger partial charge in [0.2, 0.25) is 0 Å². The van der Waals surface area contributed by atoms with Crippen molar-refractivity contribution in [3.8, 4) is 0 Å². The normalized spacial score (nSPS) is 24.7. The number of carbonyl (C=O) groups is 1. The molecule has 0 spiro atoms. The summed E-state index contributed by atoms with van der Waals surface area (Å²) in [7, 11) is -3.71. The van der Waals surface area contributed by atoms with Gasteiger partial charge in [-0.2, -0.15) is 0 Å². The first-order valence-corrected chi connectivity index (χ1v) is 8.75. The van der Waals surface area contributed by atoms with Crippen molar-refractivity contribution in [1.29, 1.82) is 0 Å². The number of aromatic carboxylic acids is 1. The van der Waals surface area contributed by atoms with Crippen molar-refractivity contribution in [2.24, 2.45) is 0 Å². The topological polar surface area (TPSA) is 86.7 Å². The van der Waals surface area contributed by atoms with Crippen molar-refractivity contribution >= 4 is 27.3 Å². The van der Waals surface area contributed by atoms with Crippen LogP contribution in [0.3, 0.4) is 0 Å². The lowest BCUT2D eigenvalue weighted by molar-refractivity contribution is 0.0702. The van der Waals surface area contributed by atoms with E-state index < -0.39 is 16.0 Å². The first-order chi connectivity index (χ1) is 9.31. The summed E-state index contributed by atoms with van der Waals surface area (Å²) in [6.45, 7) is 3.96. The third-order valence-corrected chi connectivity index (χ3v) is 6.37. The summed E-state index contributed by atoms with van der Waals surface area (Å²) in [4.78, 5) is 13.4. The first kappa shape index (κ1) is 15.4. The summed E-state index contributed by atoms with van der Waals surface area (Å²) >= 11 is 0.762. The molecule has 1 aromatic rings. The zero-order valence-corrected chi connectivity index (χ0v) is 13.0. The first-order valence-electron chi connectivity index (χ1n) is 6.45. The predicted octanol–water partition coefficient (Wildman–Crippen LogP) is 1.90. The molecule has 1 aliphatic rings. The second-order valence-electron chi connectivity index (χ2n) is 5.05. The molecule has 0 aliphatic carbocycles. The maximum atomic E-state index is 12.3. The van der Waals surface area contributed by atoms with Gasteiger partial charge in [0, 0.05) is 12.1 Å². The molecule has 2 unspecified atom stereocenters. The van der Waals surface area contributed by atoms with E-state index in [1.165, 1.54) is 12.1 Å². The molecule has 0 amide bonds. The number of hydrogen-bond acceptors (Lipinski definition) is 5. The van der Waals surface area contributed by atoms with Crippen molar-refractivity contribution in [3.05, 3.63) is 17.0 Å². The highest BCUT2D eigenvalue weighted by Gasteiger charge is 2.30. The highest BCUT2D eigenvalue weighted by atomic mass is 32.2. The molecule has 1 fully saturated rings. The Morgan fingerprint density at radius 1 is 1.35 bits per heavy atom. The molecule has 2 heterocycles. The minimum atomic E-state index is -3.71. The summed E-state index contributed by atoms with van der Waals surface area (Å²) in [6, 6.07) is 2.90. The Morgan fingerprint density at radius 2 is 1.95 bits per heavy atom. The number of sulfonamides is 1. The molecule has 2 rings (SSSR count). The van der Waals surface area contributed by atoms with Crippen LogP contribution in [0.4, 0.5) is 0 Å². The van der Waals surface area contributed by atoms with Crippen LogP contribution in [0.25, 0.3) is 0 Å². The molecule has 0 aromatic carbocycles. The van der Waals surface area contributed by atoms with Gasteiger partial charge >= 0.3 is 5.97 Å². The Hall–Kier alpha value is -0.960. The third-order valence-electron chi connectivity index (χ3n) is 3.48. The number of carboxylic acid groups (broad SMARTS) is 1. The lowest BCUT2D eigenvalue weighted by atomic mass is 10.0. The van der Waals surface area contributed by atoms with Crippen LogP contribution < -0.4 is 4.83 Å². The molecule has 8 heteroatoms. The summed E-state index contributed by atoms with van der Waals surface area (Å²) in [6.07, 6.45) is 2.97. The van der Waals surface area contributed by atoms with Crippen molar-refractivity contribution in [2.45, 2.75) is 49.4 Å². The van der Waals surface area contributed by atoms with Gasteiger partial charge in [0.05, 0.1) is 0 Å². The maximum Gasteiger partial charge on any atom is 0.345 e. The van der Waals surface area contributed by atoms with Crippen LogP contribution >= 0.6 is 11.3 Å². The standard InChI is InChI=1S/C12H18N2O4S2/c1-8-4-3-5-9(2)14(8)13-20(17,18)11-7-6-10(19-11)12(15)16/h6-9,13H,3-5H2,1-2H3,(H,15,16). The Kier molecular flexibility index (Phi) is 4.48. The number of nitrogens with one attached hydrogen (secondary N) is 1. The van der Waals surface area contributed by atoms with Gasteiger partial charge in [0.25, 0.3) is 10.0 Å². The Balaban J connectivity index is 2.19. The van der Waals surface area contributed by atoms with Crippen molar-refractivity contribution in [2.75, 3.05) is 0 Å². The van der Waals surface area contributed by atoms with Crippen molar-refractivity contribution in [3.63, 3.8) is 0 Å². The zero-order valence-electron chi connectivity index (χ0n) is 11.4. The highest BCUT2D eigenvalue weighted by molar-refractivity contribution is 7.91. The molecule has 6 nitrogen and oxygen atoms in total. The number of thiophene rings is 1. The predicted molar refractivity (Wildman–Crippen MR) is 76.2 cm³/mol. The quantitative estimate of drug-likeness (QED) is 0.885. The van der Waals surface area contributed by atoms with Crippen molar-refractivity contribution in [1.82, 2.24) is 9.84 Å². The van der Waals surface area contributed by atoms with Crippen LogP contribution in [0.2, 0.25) is 0 Å². The van der Waals surface area contributed by atoms with Crippen molar-refractivity contribution < 1.29 is 18.3 Å². The van der Waals surface area contributed by atoms with Crippen LogP contribution in [-0.2, 0) is 10.0 Å². The fraction of sp³-hybridized carbons (Fsp3) is 0.583. The van der Waals surface area contributed by atoms with E-state index in [9.17, 15) is 13.2 Å². The van der Waals surface area contributed by atoms with Crippen LogP contribution in [0.5, 0.6) is 0 Å². The second-order valence-corrected chi connectivity index (χ2v) is 8.03. The molecule has 1 saturated heterocycles. The van der Waals surface area contributed by atoms with Gasteiger partial charge in [-0.05, 0) is 38.8 Å². The SMILES string of the molecule is CC1CCCC(C)N1NS(=O)(=O)c1ccc(C(=O)O)s1. The van der Waals surface area contributed by atoms with Gasteiger partial charge < -0.3 is 5.11 Å². The van der Waals surface area contributed by atoms with Gasteiger partial charge in [0.15, 0.2) is 0 Å². The lowest BCUT2D eigenvalue weighted by Crippen LogP contribution is -2.53. The van der Waals surface area contributed by atoms with E-state index in [4.69, 9.17) is 5.11 Å². The van der Waals surface area contributed by atoms with E-state index in [2.05, 4.69) is 4.83 Å². The van der Waals surface area contributed by atoms with E-state index in [0.29, 0.717) is 0 Å². The van der Waals surface area contributed by atoms with E-state index >= 15 is 0 Å². The molecule has 0 radical (unpaired) electrons. The molecule has 20 heavy (non-hydrogen) atoms. The van der Waals surface area contributed by atoms with Gasteiger partial charge in [-0.3, -0.25) is 0 Å². The number of rotatable bonds is 4. The van der Waals surface area contributed by atoms with Gasteiger partial charge in [-0.1, -0.05) is 6.42 Å². The molecule has 0 saturated carbocycles. The maximum absolute atomic E-state index is 12.3. The summed E-state index contributed by atoms with van der Waals surface area (Å²) in [5.74, 6) is -1.11. The minimum Gasteiger partial charge on any atom is -0.477 e. The third kappa shape index (κ3) is 3.20. The number of piperidine rings is 1. The molecule has 1 aliphatic heterocycles. The number of hydrazine groups is 1. The number of hydrogen-bond donors (Lipinski definition) is 2. The largest absolute Gasteiger partial charge is 0.477 e. The Morgan fingerprint density at radius 3 is 2.45 bits per heavy atom. The Labute approximate surface area is 122 Å². The van der Waals surface area contributed by atoms with E-state index in [1.807, 2.05) is 13.8 Å². The molecule has 2 atom stereocenters. The average molecular weight is 318 g/mol. The molecule has 112 valence electrons. The molecule has 0 bridgehead atoms. The summed E-state index contributed by atoms with van der Waals surface area (Å²) in [5.41, 5.74) is 0. The smallest absolute Gasteiger partial charge is 0.345 e. The van der Waals surface area contributed by atoms with Crippen LogP contribution in [0.15, 0.2) is 16.3 Å². The van der Waals surface area contributed by atoms with Crippen LogP contribution in [0, 0.1) is 0 Å². The van der Waals surface area contributed by atoms with E-state index in [1.54, 1.807) is 5.01 Å². The monoisotopic (exact) mass is 318 g/mol. The van der Waals surface area contributed by atoms with E-state index in [0.717, 1.165) is 30.6 Å². The molecular weight excluding hydrogens is 300 g/mol. The minimum absolute atomic E-state index is 0.0186. The number of nitrogens with zero attached hydrogens (tertiary/aromatic N) is 1. The van der Waals surface area contributed by atoms with Gasteiger partial charge in [-0.25, -0.2) is 18.2 Å². The molecule has 1 aromatic heterocycles. The lowest BCUT2D eigenvalue weighted by Gasteiger charge is -2.38. The van der Waals surface area contributed by atoms with Gasteiger partial charge in [0.1, 0.15) is 9.09 Å². The Bertz CT molecular complexity index is 586. The second kappa shape index (κ2) is 5.80. The number of carboxylic acids is 1. The molecule has 2 N–H and O–H groups in total. The fourth-order valence-electron chi connectivity index (χ4n) is 2.36. The summed E-state index contributed by atoms with van der Waals surface area (Å²) in [5, 5.41) is 10.6. The zero-order chi connectivity index (χ0) is 14.9. The van der Waals surface area contributed by atoms with Gasteiger partial charge in [-0.15, -0.1) is 16.2 Å².